The molecule has 1 saturated heterocycles. The van der Waals surface area contributed by atoms with Crippen LogP contribution in [0.15, 0.2) is 28.8 Å². The van der Waals surface area contributed by atoms with Crippen molar-refractivity contribution in [1.29, 1.82) is 0 Å². The number of amides is 1. The lowest BCUT2D eigenvalue weighted by molar-refractivity contribution is -0.135. The fourth-order valence-corrected chi connectivity index (χ4v) is 5.22. The van der Waals surface area contributed by atoms with E-state index in [4.69, 9.17) is 9.26 Å². The van der Waals surface area contributed by atoms with E-state index in [-0.39, 0.29) is 5.41 Å². The molecule has 0 spiro atoms. The van der Waals surface area contributed by atoms with Gasteiger partial charge in [0.05, 0.1) is 18.2 Å². The van der Waals surface area contributed by atoms with Crippen LogP contribution >= 0.6 is 0 Å². The summed E-state index contributed by atoms with van der Waals surface area (Å²) < 4.78 is 11.1. The average Bonchev–Trinajstić information content (AvgIpc) is 3.54. The molecule has 29 heavy (non-hydrogen) atoms. The second-order valence-corrected chi connectivity index (χ2v) is 8.91. The maximum atomic E-state index is 13.4. The molecule has 2 fully saturated rings. The predicted molar refractivity (Wildman–Crippen MR) is 110 cm³/mol. The van der Waals surface area contributed by atoms with Crippen LogP contribution < -0.4 is 4.74 Å². The number of nitrogens with zero attached hydrogens (tertiary/aromatic N) is 2. The summed E-state index contributed by atoms with van der Waals surface area (Å²) in [4.78, 5) is 15.5. The maximum absolute atomic E-state index is 13.4. The lowest BCUT2D eigenvalue weighted by atomic mass is 9.88. The Hall–Kier alpha value is -2.30. The number of hydrogen-bond acceptors (Lipinski definition) is 4. The quantitative estimate of drug-likeness (QED) is 0.722. The Labute approximate surface area is 172 Å². The Bertz CT molecular complexity index is 874. The largest absolute Gasteiger partial charge is 0.497 e. The lowest BCUT2D eigenvalue weighted by Crippen LogP contribution is -2.43. The van der Waals surface area contributed by atoms with E-state index in [9.17, 15) is 4.79 Å². The van der Waals surface area contributed by atoms with Gasteiger partial charge in [-0.15, -0.1) is 0 Å². The first-order valence-corrected chi connectivity index (χ1v) is 11.1. The molecule has 0 atom stereocenters. The third-order valence-electron chi connectivity index (χ3n) is 7.20. The van der Waals surface area contributed by atoms with Crippen LogP contribution in [0, 0.1) is 0 Å². The monoisotopic (exact) mass is 394 g/mol. The fraction of sp³-hybridized carbons (Fsp3) is 0.583. The van der Waals surface area contributed by atoms with Crippen molar-refractivity contribution in [1.82, 2.24) is 10.1 Å². The molecule has 0 N–H and O–H groups in total. The van der Waals surface area contributed by atoms with Gasteiger partial charge in [0, 0.05) is 24.6 Å². The van der Waals surface area contributed by atoms with Crippen LogP contribution in [0.3, 0.4) is 0 Å². The van der Waals surface area contributed by atoms with Crippen LogP contribution in [-0.4, -0.2) is 36.2 Å². The highest BCUT2D eigenvalue weighted by Gasteiger charge is 2.53. The highest BCUT2D eigenvalue weighted by molar-refractivity contribution is 5.91. The van der Waals surface area contributed by atoms with Crippen LogP contribution in [-0.2, 0) is 23.1 Å². The van der Waals surface area contributed by atoms with Gasteiger partial charge in [-0.2, -0.15) is 0 Å². The van der Waals surface area contributed by atoms with E-state index >= 15 is 0 Å². The Morgan fingerprint density at radius 3 is 2.52 bits per heavy atom. The maximum Gasteiger partial charge on any atom is 0.233 e. The molecule has 3 aliphatic rings. The number of benzene rings is 1. The molecule has 5 heteroatoms. The Kier molecular flexibility index (Phi) is 4.84. The molecule has 1 saturated carbocycles. The van der Waals surface area contributed by atoms with Crippen molar-refractivity contribution in [2.24, 2.45) is 0 Å². The van der Waals surface area contributed by atoms with E-state index in [2.05, 4.69) is 22.2 Å². The molecule has 0 bridgehead atoms. The third kappa shape index (κ3) is 3.34. The molecular weight excluding hydrogens is 364 g/mol. The van der Waals surface area contributed by atoms with E-state index in [1.54, 1.807) is 7.11 Å². The molecule has 1 amide bonds. The van der Waals surface area contributed by atoms with Crippen molar-refractivity contribution in [3.63, 3.8) is 0 Å². The number of hydrogen-bond donors (Lipinski definition) is 0. The second kappa shape index (κ2) is 7.51. The summed E-state index contributed by atoms with van der Waals surface area (Å²) >= 11 is 0. The molecule has 0 unspecified atom stereocenters. The standard InChI is InChI=1S/C24H30N2O3/c1-28-19-9-7-18(8-10-19)24(13-14-24)23(27)26-15-11-17(12-16-26)22-20-5-3-2-4-6-21(20)25-29-22/h7-10,17H,2-6,11-16H2,1H3. The topological polar surface area (TPSA) is 55.6 Å². The number of piperidine rings is 1. The number of fused-ring (bicyclic) bond motifs is 1. The van der Waals surface area contributed by atoms with Crippen LogP contribution in [0.4, 0.5) is 0 Å². The van der Waals surface area contributed by atoms with Crippen LogP contribution in [0.25, 0.3) is 0 Å². The first-order valence-electron chi connectivity index (χ1n) is 11.1. The van der Waals surface area contributed by atoms with E-state index in [0.29, 0.717) is 11.8 Å². The van der Waals surface area contributed by atoms with Gasteiger partial charge in [-0.25, -0.2) is 0 Å². The number of methoxy groups -OCH3 is 1. The minimum atomic E-state index is -0.303. The van der Waals surface area contributed by atoms with Crippen molar-refractivity contribution in [2.45, 2.75) is 69.1 Å². The number of likely N-dealkylation sites (tertiary alicyclic amines) is 1. The summed E-state index contributed by atoms with van der Waals surface area (Å²) in [6.45, 7) is 1.63. The Morgan fingerprint density at radius 2 is 1.83 bits per heavy atom. The number of ether oxygens (including phenoxy) is 1. The minimum absolute atomic E-state index is 0.303. The number of aryl methyl sites for hydroxylation is 1. The molecule has 5 nitrogen and oxygen atoms in total. The summed E-state index contributed by atoms with van der Waals surface area (Å²) in [7, 11) is 1.67. The van der Waals surface area contributed by atoms with E-state index in [1.807, 2.05) is 12.1 Å². The average molecular weight is 395 g/mol. The molecule has 1 aromatic carbocycles. The third-order valence-corrected chi connectivity index (χ3v) is 7.20. The number of carbonyl (C=O) groups is 1. The zero-order chi connectivity index (χ0) is 19.8. The van der Waals surface area contributed by atoms with Crippen molar-refractivity contribution < 1.29 is 14.1 Å². The predicted octanol–water partition coefficient (Wildman–Crippen LogP) is 4.39. The van der Waals surface area contributed by atoms with Gasteiger partial charge in [-0.05, 0) is 69.1 Å². The molecule has 2 aliphatic carbocycles. The summed E-state index contributed by atoms with van der Waals surface area (Å²) in [5, 5.41) is 4.38. The van der Waals surface area contributed by atoms with Gasteiger partial charge in [0.1, 0.15) is 11.5 Å². The molecule has 5 rings (SSSR count). The second-order valence-electron chi connectivity index (χ2n) is 8.91. The van der Waals surface area contributed by atoms with Gasteiger partial charge < -0.3 is 14.2 Å². The number of aromatic nitrogens is 1. The van der Waals surface area contributed by atoms with Gasteiger partial charge in [-0.1, -0.05) is 23.7 Å². The van der Waals surface area contributed by atoms with Gasteiger partial charge in [0.25, 0.3) is 0 Å². The molecule has 2 heterocycles. The normalized spacial score (nSPS) is 21.3. The first-order chi connectivity index (χ1) is 14.2. The van der Waals surface area contributed by atoms with Crippen molar-refractivity contribution in [3.8, 4) is 5.75 Å². The molecular formula is C24H30N2O3. The van der Waals surface area contributed by atoms with Crippen LogP contribution in [0.5, 0.6) is 5.75 Å². The van der Waals surface area contributed by atoms with Crippen LogP contribution in [0.1, 0.15) is 73.4 Å². The van der Waals surface area contributed by atoms with Crippen LogP contribution in [0.2, 0.25) is 0 Å². The van der Waals surface area contributed by atoms with Crippen molar-refractivity contribution >= 4 is 5.91 Å². The molecule has 0 radical (unpaired) electrons. The highest BCUT2D eigenvalue weighted by atomic mass is 16.5. The van der Waals surface area contributed by atoms with E-state index in [1.165, 1.54) is 30.5 Å². The first kappa shape index (κ1) is 18.7. The van der Waals surface area contributed by atoms with Crippen molar-refractivity contribution in [3.05, 3.63) is 46.8 Å². The molecule has 1 aromatic heterocycles. The zero-order valence-corrected chi connectivity index (χ0v) is 17.3. The highest BCUT2D eigenvalue weighted by Crippen LogP contribution is 2.50. The van der Waals surface area contributed by atoms with Gasteiger partial charge in [-0.3, -0.25) is 4.79 Å². The van der Waals surface area contributed by atoms with Gasteiger partial charge >= 0.3 is 0 Å². The smallest absolute Gasteiger partial charge is 0.233 e. The summed E-state index contributed by atoms with van der Waals surface area (Å²) in [6.07, 6.45) is 9.77. The molecule has 1 aliphatic heterocycles. The lowest BCUT2D eigenvalue weighted by Gasteiger charge is -2.34. The summed E-state index contributed by atoms with van der Waals surface area (Å²) in [5.74, 6) is 2.66. The minimum Gasteiger partial charge on any atom is -0.497 e. The van der Waals surface area contributed by atoms with Crippen molar-refractivity contribution in [2.75, 3.05) is 20.2 Å². The summed E-state index contributed by atoms with van der Waals surface area (Å²) in [6, 6.07) is 8.04. The zero-order valence-electron chi connectivity index (χ0n) is 17.3. The fourth-order valence-electron chi connectivity index (χ4n) is 5.22. The SMILES string of the molecule is COc1ccc(C2(C(=O)N3CCC(c4onc5c4CCCCC5)CC3)CC2)cc1. The van der Waals surface area contributed by atoms with E-state index < -0.39 is 0 Å². The molecule has 2 aromatic rings. The Morgan fingerprint density at radius 1 is 1.10 bits per heavy atom. The summed E-state index contributed by atoms with van der Waals surface area (Å²) in [5.41, 5.74) is 3.39. The van der Waals surface area contributed by atoms with Gasteiger partial charge in [0.2, 0.25) is 5.91 Å². The number of carbonyl (C=O) groups excluding carboxylic acids is 1. The Balaban J connectivity index is 1.26. The van der Waals surface area contributed by atoms with E-state index in [0.717, 1.165) is 68.7 Å². The number of rotatable bonds is 4. The molecule has 154 valence electrons. The van der Waals surface area contributed by atoms with Gasteiger partial charge in [0.15, 0.2) is 0 Å².